The van der Waals surface area contributed by atoms with Crippen LogP contribution < -0.4 is 10.2 Å². The fraction of sp³-hybridized carbons (Fsp3) is 0.182. The molecule has 0 unspecified atom stereocenters. The number of amides is 1. The van der Waals surface area contributed by atoms with E-state index in [0.717, 1.165) is 30.2 Å². The maximum Gasteiger partial charge on any atom is 0.255 e. The molecule has 31 heavy (non-hydrogen) atoms. The molecule has 1 fully saturated rings. The molecule has 9 heteroatoms. The summed E-state index contributed by atoms with van der Waals surface area (Å²) >= 11 is 0. The van der Waals surface area contributed by atoms with E-state index in [-0.39, 0.29) is 5.91 Å². The average molecular weight is 412 g/mol. The number of tetrazole rings is 1. The van der Waals surface area contributed by atoms with Gasteiger partial charge in [0, 0.05) is 29.9 Å². The highest BCUT2D eigenvalue weighted by molar-refractivity contribution is 6.04. The van der Waals surface area contributed by atoms with Crippen LogP contribution >= 0.6 is 0 Å². The molecule has 1 N–H and O–H groups in total. The number of nitrogens with one attached hydrogen (secondary N) is 1. The van der Waals surface area contributed by atoms with Crippen molar-refractivity contribution < 1.29 is 4.79 Å². The number of nitrogens with zero attached hydrogens (tertiary/aromatic N) is 7. The van der Waals surface area contributed by atoms with Gasteiger partial charge in [0.15, 0.2) is 5.82 Å². The lowest BCUT2D eigenvalue weighted by Gasteiger charge is -2.15. The number of benzene rings is 2. The van der Waals surface area contributed by atoms with Gasteiger partial charge in [-0.05, 0) is 65.7 Å². The molecule has 1 aliphatic heterocycles. The van der Waals surface area contributed by atoms with Crippen LogP contribution in [0.2, 0.25) is 0 Å². The van der Waals surface area contributed by atoms with Crippen molar-refractivity contribution in [1.82, 2.24) is 30.4 Å². The van der Waals surface area contributed by atoms with Crippen molar-refractivity contribution in [3.63, 3.8) is 0 Å². The molecule has 2 aromatic heterocycles. The Hall–Kier alpha value is -4.14. The minimum atomic E-state index is -0.211. The van der Waals surface area contributed by atoms with E-state index in [4.69, 9.17) is 0 Å². The minimum absolute atomic E-state index is 0.211. The van der Waals surface area contributed by atoms with Crippen LogP contribution in [-0.2, 0) is 0 Å². The number of carbonyl (C=O) groups is 1. The van der Waals surface area contributed by atoms with Gasteiger partial charge in [-0.2, -0.15) is 0 Å². The lowest BCUT2D eigenvalue weighted by Crippen LogP contribution is -2.19. The molecule has 2 aromatic carbocycles. The third-order valence-electron chi connectivity index (χ3n) is 5.24. The van der Waals surface area contributed by atoms with Crippen LogP contribution in [0.4, 0.5) is 11.5 Å². The predicted octanol–water partition coefficient (Wildman–Crippen LogP) is 2.97. The average Bonchev–Trinajstić information content (AvgIpc) is 3.55. The number of hydrogen-bond donors (Lipinski definition) is 1. The van der Waals surface area contributed by atoms with Gasteiger partial charge in [0.2, 0.25) is 0 Å². The molecular formula is C22H20N8O. The summed E-state index contributed by atoms with van der Waals surface area (Å²) in [4.78, 5) is 14.9. The lowest BCUT2D eigenvalue weighted by molar-refractivity contribution is 0.102. The Morgan fingerprint density at radius 3 is 2.48 bits per heavy atom. The van der Waals surface area contributed by atoms with Crippen LogP contribution in [0.25, 0.3) is 16.9 Å². The maximum absolute atomic E-state index is 12.7. The molecule has 5 rings (SSSR count). The Labute approximate surface area is 178 Å². The molecule has 1 amide bonds. The molecule has 154 valence electrons. The van der Waals surface area contributed by atoms with Crippen LogP contribution in [0, 0.1) is 0 Å². The zero-order valence-electron chi connectivity index (χ0n) is 16.7. The van der Waals surface area contributed by atoms with Gasteiger partial charge < -0.3 is 10.2 Å². The Kier molecular flexibility index (Phi) is 5.05. The molecule has 3 heterocycles. The quantitative estimate of drug-likeness (QED) is 0.538. The van der Waals surface area contributed by atoms with E-state index in [1.807, 2.05) is 42.5 Å². The topological polar surface area (TPSA) is 102 Å². The van der Waals surface area contributed by atoms with Gasteiger partial charge in [0.1, 0.15) is 6.33 Å². The second kappa shape index (κ2) is 8.31. The summed E-state index contributed by atoms with van der Waals surface area (Å²) in [7, 11) is 0. The molecule has 4 aromatic rings. The van der Waals surface area contributed by atoms with Crippen molar-refractivity contribution in [2.24, 2.45) is 0 Å². The molecule has 0 atom stereocenters. The number of carbonyl (C=O) groups excluding carboxylic acids is 1. The van der Waals surface area contributed by atoms with E-state index < -0.39 is 0 Å². The van der Waals surface area contributed by atoms with Crippen molar-refractivity contribution in [2.45, 2.75) is 12.8 Å². The van der Waals surface area contributed by atoms with Gasteiger partial charge >= 0.3 is 0 Å². The summed E-state index contributed by atoms with van der Waals surface area (Å²) < 4.78 is 1.50. The SMILES string of the molecule is O=C(Nc1ccc(-c2ccc(N3CCCC3)nn2)cc1)c1cccc(-n2cnnn2)c1. The summed E-state index contributed by atoms with van der Waals surface area (Å²) in [6.45, 7) is 2.09. The summed E-state index contributed by atoms with van der Waals surface area (Å²) in [6.07, 6.45) is 3.90. The fourth-order valence-electron chi connectivity index (χ4n) is 3.59. The Morgan fingerprint density at radius 2 is 1.77 bits per heavy atom. The Bertz CT molecular complexity index is 1170. The van der Waals surface area contributed by atoms with Crippen LogP contribution in [0.5, 0.6) is 0 Å². The van der Waals surface area contributed by atoms with Gasteiger partial charge in [-0.3, -0.25) is 4.79 Å². The van der Waals surface area contributed by atoms with Crippen molar-refractivity contribution in [3.05, 3.63) is 72.6 Å². The molecule has 0 bridgehead atoms. The van der Waals surface area contributed by atoms with Crippen LogP contribution in [-0.4, -0.2) is 49.4 Å². The van der Waals surface area contributed by atoms with Crippen LogP contribution in [0.1, 0.15) is 23.2 Å². The van der Waals surface area contributed by atoms with Crippen molar-refractivity contribution in [2.75, 3.05) is 23.3 Å². The molecule has 1 saturated heterocycles. The maximum atomic E-state index is 12.7. The van der Waals surface area contributed by atoms with Gasteiger partial charge in [-0.15, -0.1) is 15.3 Å². The number of anilines is 2. The van der Waals surface area contributed by atoms with E-state index >= 15 is 0 Å². The van der Waals surface area contributed by atoms with Crippen molar-refractivity contribution in [1.29, 1.82) is 0 Å². The van der Waals surface area contributed by atoms with Gasteiger partial charge in [0.05, 0.1) is 11.4 Å². The largest absolute Gasteiger partial charge is 0.355 e. The molecule has 0 spiro atoms. The normalized spacial score (nSPS) is 13.4. The molecular weight excluding hydrogens is 392 g/mol. The lowest BCUT2D eigenvalue weighted by atomic mass is 10.1. The number of hydrogen-bond acceptors (Lipinski definition) is 7. The summed E-state index contributed by atoms with van der Waals surface area (Å²) in [5, 5.41) is 22.7. The zero-order valence-corrected chi connectivity index (χ0v) is 16.7. The molecule has 0 saturated carbocycles. The van der Waals surface area contributed by atoms with Crippen molar-refractivity contribution in [3.8, 4) is 16.9 Å². The Morgan fingerprint density at radius 1 is 0.935 bits per heavy atom. The van der Waals surface area contributed by atoms with Gasteiger partial charge in [-0.25, -0.2) is 4.68 Å². The molecule has 0 radical (unpaired) electrons. The van der Waals surface area contributed by atoms with Gasteiger partial charge in [-0.1, -0.05) is 18.2 Å². The zero-order chi connectivity index (χ0) is 21.0. The van der Waals surface area contributed by atoms with E-state index in [9.17, 15) is 4.79 Å². The molecule has 9 nitrogen and oxygen atoms in total. The highest BCUT2D eigenvalue weighted by Crippen LogP contribution is 2.23. The first-order valence-corrected chi connectivity index (χ1v) is 10.1. The number of rotatable bonds is 5. The highest BCUT2D eigenvalue weighted by Gasteiger charge is 2.14. The minimum Gasteiger partial charge on any atom is -0.355 e. The first-order chi connectivity index (χ1) is 15.3. The van der Waals surface area contributed by atoms with Crippen LogP contribution in [0.15, 0.2) is 67.0 Å². The highest BCUT2D eigenvalue weighted by atomic mass is 16.1. The second-order valence-corrected chi connectivity index (χ2v) is 7.31. The molecule has 0 aliphatic carbocycles. The first-order valence-electron chi connectivity index (χ1n) is 10.1. The van der Waals surface area contributed by atoms with Gasteiger partial charge in [0.25, 0.3) is 5.91 Å². The van der Waals surface area contributed by atoms with Crippen molar-refractivity contribution >= 4 is 17.4 Å². The van der Waals surface area contributed by atoms with Crippen LogP contribution in [0.3, 0.4) is 0 Å². The van der Waals surface area contributed by atoms with E-state index in [1.54, 1.807) is 18.2 Å². The smallest absolute Gasteiger partial charge is 0.255 e. The summed E-state index contributed by atoms with van der Waals surface area (Å²) in [6, 6.07) is 18.7. The fourth-order valence-corrected chi connectivity index (χ4v) is 3.59. The summed E-state index contributed by atoms with van der Waals surface area (Å²) in [5.41, 5.74) is 3.67. The third kappa shape index (κ3) is 4.11. The standard InChI is InChI=1S/C22H20N8O/c31-22(17-4-3-5-19(14-17)30-15-23-27-28-30)24-18-8-6-16(7-9-18)20-10-11-21(26-25-20)29-12-1-2-13-29/h3-11,14-15H,1-2,12-13H2,(H,24,31). The van der Waals surface area contributed by atoms with E-state index in [2.05, 4.69) is 35.9 Å². The third-order valence-corrected chi connectivity index (χ3v) is 5.24. The summed E-state index contributed by atoms with van der Waals surface area (Å²) in [5.74, 6) is 0.714. The first kappa shape index (κ1) is 18.9. The van der Waals surface area contributed by atoms with E-state index in [0.29, 0.717) is 16.9 Å². The second-order valence-electron chi connectivity index (χ2n) is 7.31. The van der Waals surface area contributed by atoms with E-state index in [1.165, 1.54) is 23.9 Å². The predicted molar refractivity (Wildman–Crippen MR) is 116 cm³/mol. The monoisotopic (exact) mass is 412 g/mol. The number of aromatic nitrogens is 6. The Balaban J connectivity index is 1.27. The molecule has 1 aliphatic rings.